The minimum absolute atomic E-state index is 0.175. The van der Waals surface area contributed by atoms with Crippen LogP contribution in [0.5, 0.6) is 0 Å². The number of benzene rings is 3. The van der Waals surface area contributed by atoms with E-state index < -0.39 is 23.9 Å². The van der Waals surface area contributed by atoms with Crippen LogP contribution in [0.3, 0.4) is 0 Å². The molecular formula is C24H22N4O5. The number of nitrogen functional groups attached to an aromatic ring is 1. The first-order valence-electron chi connectivity index (χ1n) is 10.0. The summed E-state index contributed by atoms with van der Waals surface area (Å²) < 4.78 is 0. The van der Waals surface area contributed by atoms with Crippen molar-refractivity contribution >= 4 is 45.2 Å². The number of aliphatic carboxylic acids is 2. The smallest absolute Gasteiger partial charge is 0.326 e. The molecular weight excluding hydrogens is 424 g/mol. The van der Waals surface area contributed by atoms with Gasteiger partial charge in [-0.3, -0.25) is 9.59 Å². The van der Waals surface area contributed by atoms with Crippen LogP contribution in [-0.4, -0.2) is 44.1 Å². The number of nitrogens with zero attached hydrogens (tertiary/aromatic N) is 2. The summed E-state index contributed by atoms with van der Waals surface area (Å²) in [6.07, 6.45) is 2.92. The summed E-state index contributed by atoms with van der Waals surface area (Å²) in [5, 5.41) is 23.2. The number of carbonyl (C=O) groups excluding carboxylic acids is 1. The van der Waals surface area contributed by atoms with Gasteiger partial charge in [-0.25, -0.2) is 14.8 Å². The lowest BCUT2D eigenvalue weighted by atomic mass is 10.1. The number of nitrogens with two attached hydrogens (primary N) is 1. The molecule has 0 aliphatic carbocycles. The van der Waals surface area contributed by atoms with E-state index in [2.05, 4.69) is 39.6 Å². The van der Waals surface area contributed by atoms with Crippen molar-refractivity contribution < 1.29 is 24.6 Å². The SMILES string of the molecule is Nc1ccc(C(=O)N[C@@H](CCC(=O)O)C(=O)O)cc1.c1ccc2c(c1)ccc1cncnc12. The summed E-state index contributed by atoms with van der Waals surface area (Å²) >= 11 is 0. The van der Waals surface area contributed by atoms with Crippen molar-refractivity contribution in [3.05, 3.63) is 78.8 Å². The van der Waals surface area contributed by atoms with Gasteiger partial charge in [0.2, 0.25) is 0 Å². The Kier molecular flexibility index (Phi) is 7.48. The highest BCUT2D eigenvalue weighted by Gasteiger charge is 2.21. The second kappa shape index (κ2) is 10.7. The molecule has 0 saturated carbocycles. The average molecular weight is 446 g/mol. The molecule has 4 rings (SSSR count). The normalized spacial score (nSPS) is 11.3. The topological polar surface area (TPSA) is 156 Å². The van der Waals surface area contributed by atoms with Crippen molar-refractivity contribution in [2.45, 2.75) is 18.9 Å². The van der Waals surface area contributed by atoms with E-state index in [4.69, 9.17) is 15.9 Å². The number of carboxylic acids is 2. The van der Waals surface area contributed by atoms with Crippen LogP contribution in [0, 0.1) is 0 Å². The molecule has 33 heavy (non-hydrogen) atoms. The van der Waals surface area contributed by atoms with Gasteiger partial charge in [-0.2, -0.15) is 0 Å². The molecule has 0 aliphatic rings. The van der Waals surface area contributed by atoms with E-state index in [-0.39, 0.29) is 18.4 Å². The summed E-state index contributed by atoms with van der Waals surface area (Å²) in [5.41, 5.74) is 7.24. The quantitative estimate of drug-likeness (QED) is 0.260. The van der Waals surface area contributed by atoms with Gasteiger partial charge in [0.15, 0.2) is 0 Å². The van der Waals surface area contributed by atoms with Crippen LogP contribution in [-0.2, 0) is 9.59 Å². The molecule has 0 spiro atoms. The number of aromatic nitrogens is 2. The summed E-state index contributed by atoms with van der Waals surface area (Å²) in [6, 6.07) is 17.1. The highest BCUT2D eigenvalue weighted by atomic mass is 16.4. The Hall–Kier alpha value is -4.53. The van der Waals surface area contributed by atoms with Crippen LogP contribution in [0.4, 0.5) is 5.69 Å². The minimum Gasteiger partial charge on any atom is -0.481 e. The van der Waals surface area contributed by atoms with Crippen molar-refractivity contribution in [1.29, 1.82) is 0 Å². The standard InChI is InChI=1S/C12H14N2O5.C12H8N2/c13-8-3-1-7(2-4-8)11(17)14-9(12(18)19)5-6-10(15)16;1-2-4-11-9(3-1)5-6-10-7-13-8-14-12(10)11/h1-4,9H,5-6,13H2,(H,14,17)(H,15,16)(H,18,19);1-8H/t9-;/m0./s1. The maximum atomic E-state index is 11.8. The second-order valence-electron chi connectivity index (χ2n) is 7.17. The number of fused-ring (bicyclic) bond motifs is 3. The van der Waals surface area contributed by atoms with Crippen molar-refractivity contribution in [2.24, 2.45) is 0 Å². The van der Waals surface area contributed by atoms with Gasteiger partial charge in [0.1, 0.15) is 12.4 Å². The van der Waals surface area contributed by atoms with Gasteiger partial charge in [-0.05, 0) is 36.1 Å². The Morgan fingerprint density at radius 1 is 0.939 bits per heavy atom. The van der Waals surface area contributed by atoms with E-state index in [0.717, 1.165) is 10.9 Å². The van der Waals surface area contributed by atoms with Gasteiger partial charge in [-0.1, -0.05) is 36.4 Å². The molecule has 1 atom stereocenters. The van der Waals surface area contributed by atoms with Crippen LogP contribution >= 0.6 is 0 Å². The highest BCUT2D eigenvalue weighted by molar-refractivity contribution is 6.04. The van der Waals surface area contributed by atoms with E-state index in [1.165, 1.54) is 35.0 Å². The predicted octanol–water partition coefficient (Wildman–Crippen LogP) is 3.10. The molecule has 0 radical (unpaired) electrons. The zero-order valence-corrected chi connectivity index (χ0v) is 17.5. The van der Waals surface area contributed by atoms with E-state index >= 15 is 0 Å². The van der Waals surface area contributed by atoms with Crippen molar-refractivity contribution in [2.75, 3.05) is 5.73 Å². The fourth-order valence-electron chi connectivity index (χ4n) is 3.13. The zero-order chi connectivity index (χ0) is 23.8. The summed E-state index contributed by atoms with van der Waals surface area (Å²) in [6.45, 7) is 0. The number of rotatable bonds is 6. The Bertz CT molecular complexity index is 1240. The number of hydrogen-bond acceptors (Lipinski definition) is 6. The number of hydrogen-bond donors (Lipinski definition) is 4. The van der Waals surface area contributed by atoms with E-state index in [1.54, 1.807) is 6.33 Å². The minimum atomic E-state index is -1.27. The summed E-state index contributed by atoms with van der Waals surface area (Å²) in [4.78, 5) is 41.4. The third-order valence-electron chi connectivity index (χ3n) is 4.82. The third-order valence-corrected chi connectivity index (χ3v) is 4.82. The number of anilines is 1. The molecule has 168 valence electrons. The highest BCUT2D eigenvalue weighted by Crippen LogP contribution is 2.22. The molecule has 0 bridgehead atoms. The molecule has 1 amide bonds. The number of carboxylic acid groups (broad SMARTS) is 2. The van der Waals surface area contributed by atoms with Gasteiger partial charge in [0, 0.05) is 34.6 Å². The van der Waals surface area contributed by atoms with Crippen LogP contribution in [0.1, 0.15) is 23.2 Å². The molecule has 3 aromatic carbocycles. The van der Waals surface area contributed by atoms with Crippen LogP contribution in [0.15, 0.2) is 73.2 Å². The molecule has 9 nitrogen and oxygen atoms in total. The largest absolute Gasteiger partial charge is 0.481 e. The third kappa shape index (κ3) is 6.23. The first kappa shape index (κ1) is 23.1. The summed E-state index contributed by atoms with van der Waals surface area (Å²) in [7, 11) is 0. The fourth-order valence-corrected chi connectivity index (χ4v) is 3.13. The predicted molar refractivity (Wildman–Crippen MR) is 124 cm³/mol. The maximum absolute atomic E-state index is 11.8. The lowest BCUT2D eigenvalue weighted by Gasteiger charge is -2.13. The molecule has 0 aliphatic heterocycles. The van der Waals surface area contributed by atoms with Gasteiger partial charge < -0.3 is 21.3 Å². The maximum Gasteiger partial charge on any atom is 0.326 e. The Balaban J connectivity index is 0.000000192. The molecule has 1 aromatic heterocycles. The van der Waals surface area contributed by atoms with E-state index in [1.807, 2.05) is 18.3 Å². The van der Waals surface area contributed by atoms with E-state index in [0.29, 0.717) is 5.69 Å². The van der Waals surface area contributed by atoms with Gasteiger partial charge in [-0.15, -0.1) is 0 Å². The first-order valence-corrected chi connectivity index (χ1v) is 10.0. The van der Waals surface area contributed by atoms with Crippen molar-refractivity contribution in [3.8, 4) is 0 Å². The summed E-state index contributed by atoms with van der Waals surface area (Å²) in [5.74, 6) is -2.98. The molecule has 0 unspecified atom stereocenters. The fraction of sp³-hybridized carbons (Fsp3) is 0.125. The lowest BCUT2D eigenvalue weighted by molar-refractivity contribution is -0.140. The van der Waals surface area contributed by atoms with Crippen LogP contribution in [0.25, 0.3) is 21.7 Å². The Labute approximate surface area is 188 Å². The van der Waals surface area contributed by atoms with Gasteiger partial charge in [0.25, 0.3) is 5.91 Å². The lowest BCUT2D eigenvalue weighted by Crippen LogP contribution is -2.41. The molecule has 5 N–H and O–H groups in total. The molecule has 0 saturated heterocycles. The Morgan fingerprint density at radius 3 is 2.33 bits per heavy atom. The molecule has 9 heteroatoms. The van der Waals surface area contributed by atoms with Gasteiger partial charge in [0.05, 0.1) is 5.52 Å². The first-order chi connectivity index (χ1) is 15.8. The average Bonchev–Trinajstić information content (AvgIpc) is 2.82. The molecule has 0 fully saturated rings. The monoisotopic (exact) mass is 446 g/mol. The molecule has 4 aromatic rings. The molecule has 1 heterocycles. The second-order valence-corrected chi connectivity index (χ2v) is 7.17. The van der Waals surface area contributed by atoms with Gasteiger partial charge >= 0.3 is 11.9 Å². The van der Waals surface area contributed by atoms with Crippen molar-refractivity contribution in [1.82, 2.24) is 15.3 Å². The zero-order valence-electron chi connectivity index (χ0n) is 17.5. The van der Waals surface area contributed by atoms with E-state index in [9.17, 15) is 14.4 Å². The van der Waals surface area contributed by atoms with Crippen LogP contribution in [0.2, 0.25) is 0 Å². The number of nitrogens with one attached hydrogen (secondary N) is 1. The van der Waals surface area contributed by atoms with Crippen molar-refractivity contribution in [3.63, 3.8) is 0 Å². The number of carbonyl (C=O) groups is 3. The Morgan fingerprint density at radius 2 is 1.64 bits per heavy atom. The van der Waals surface area contributed by atoms with Crippen LogP contribution < -0.4 is 11.1 Å². The number of amides is 1.